The molecule has 0 fully saturated rings. The van der Waals surface area contributed by atoms with Gasteiger partial charge in [0.1, 0.15) is 23.5 Å². The van der Waals surface area contributed by atoms with Crippen LogP contribution in [0.5, 0.6) is 11.6 Å². The summed E-state index contributed by atoms with van der Waals surface area (Å²) in [4.78, 5) is 33.7. The van der Waals surface area contributed by atoms with Crippen molar-refractivity contribution in [2.24, 2.45) is 5.92 Å². The molecule has 37 heavy (non-hydrogen) atoms. The van der Waals surface area contributed by atoms with Crippen LogP contribution in [-0.2, 0) is 0 Å². The van der Waals surface area contributed by atoms with E-state index in [1.807, 2.05) is 6.92 Å². The summed E-state index contributed by atoms with van der Waals surface area (Å²) in [7, 11) is 3.24. The predicted molar refractivity (Wildman–Crippen MR) is 139 cm³/mol. The molecule has 0 spiro atoms. The number of likely N-dealkylation sites (N-methyl/N-ethyl adjacent to an activating group) is 1. The fraction of sp³-hybridized carbons (Fsp3) is 0.444. The van der Waals surface area contributed by atoms with Crippen molar-refractivity contribution in [1.82, 2.24) is 14.8 Å². The highest BCUT2D eigenvalue weighted by Crippen LogP contribution is 2.27. The number of aliphatic hydroxyl groups excluding tert-OH is 2. The van der Waals surface area contributed by atoms with Gasteiger partial charge in [-0.05, 0) is 44.2 Å². The van der Waals surface area contributed by atoms with Gasteiger partial charge in [-0.1, -0.05) is 18.8 Å². The number of pyridine rings is 1. The fourth-order valence-electron chi connectivity index (χ4n) is 3.82. The molecular formula is C27H34N4O6. The molecule has 1 aromatic heterocycles. The van der Waals surface area contributed by atoms with E-state index in [0.717, 1.165) is 0 Å². The molecule has 3 rings (SSSR count). The van der Waals surface area contributed by atoms with Gasteiger partial charge < -0.3 is 34.8 Å². The van der Waals surface area contributed by atoms with Gasteiger partial charge in [-0.2, -0.15) is 0 Å². The maximum absolute atomic E-state index is 13.4. The van der Waals surface area contributed by atoms with E-state index in [4.69, 9.17) is 9.47 Å². The van der Waals surface area contributed by atoms with Crippen LogP contribution in [0.3, 0.4) is 0 Å². The largest absolute Gasteiger partial charge is 0.497 e. The topological polar surface area (TPSA) is 124 Å². The Morgan fingerprint density at radius 3 is 2.68 bits per heavy atom. The molecule has 1 aliphatic rings. The molecule has 1 aliphatic heterocycles. The van der Waals surface area contributed by atoms with Crippen molar-refractivity contribution >= 4 is 17.6 Å². The average Bonchev–Trinajstić information content (AvgIpc) is 2.89. The van der Waals surface area contributed by atoms with E-state index in [9.17, 15) is 19.8 Å². The molecule has 10 heteroatoms. The third-order valence-corrected chi connectivity index (χ3v) is 6.09. The first-order valence-electron chi connectivity index (χ1n) is 12.1. The number of hydrogen-bond donors (Lipinski definition) is 3. The number of methoxy groups -OCH3 is 1. The van der Waals surface area contributed by atoms with Crippen molar-refractivity contribution in [1.29, 1.82) is 0 Å². The number of anilines is 1. The second-order valence-corrected chi connectivity index (χ2v) is 9.18. The number of aromatic nitrogens is 1. The van der Waals surface area contributed by atoms with E-state index in [1.165, 1.54) is 11.1 Å². The smallest absolute Gasteiger partial charge is 0.321 e. The monoisotopic (exact) mass is 510 g/mol. The van der Waals surface area contributed by atoms with Gasteiger partial charge in [-0.15, -0.1) is 0 Å². The lowest BCUT2D eigenvalue weighted by molar-refractivity contribution is 0.0356. The lowest BCUT2D eigenvalue weighted by Crippen LogP contribution is -2.50. The maximum Gasteiger partial charge on any atom is 0.321 e. The normalized spacial score (nSPS) is 18.7. The highest BCUT2D eigenvalue weighted by molar-refractivity contribution is 5.97. The zero-order chi connectivity index (χ0) is 27.1. The van der Waals surface area contributed by atoms with Gasteiger partial charge in [-0.3, -0.25) is 4.79 Å². The summed E-state index contributed by atoms with van der Waals surface area (Å²) in [5, 5.41) is 22.1. The molecule has 4 atom stereocenters. The van der Waals surface area contributed by atoms with Crippen LogP contribution in [0.1, 0.15) is 36.7 Å². The number of carbonyl (C=O) groups is 2. The SMILES string of the molecule is COc1ccc(NC(=O)N(C)C[C@@H]2Oc3ncc(C#C[C@H](C)O)cc3C(=O)N([C@H](C)CO)C[C@@H]2C)cc1. The van der Waals surface area contributed by atoms with Crippen molar-refractivity contribution in [3.8, 4) is 23.5 Å². The minimum Gasteiger partial charge on any atom is -0.497 e. The van der Waals surface area contributed by atoms with Crippen LogP contribution in [0.25, 0.3) is 0 Å². The molecule has 0 saturated heterocycles. The number of fused-ring (bicyclic) bond motifs is 1. The number of hydrogen-bond acceptors (Lipinski definition) is 7. The van der Waals surface area contributed by atoms with Crippen LogP contribution >= 0.6 is 0 Å². The van der Waals surface area contributed by atoms with E-state index in [-0.39, 0.29) is 42.5 Å². The van der Waals surface area contributed by atoms with Crippen LogP contribution in [0.15, 0.2) is 36.5 Å². The van der Waals surface area contributed by atoms with Gasteiger partial charge in [0.25, 0.3) is 5.91 Å². The molecule has 0 aliphatic carbocycles. The number of aliphatic hydroxyl groups is 2. The van der Waals surface area contributed by atoms with Gasteiger partial charge >= 0.3 is 6.03 Å². The number of nitrogens with one attached hydrogen (secondary N) is 1. The van der Waals surface area contributed by atoms with E-state index < -0.39 is 18.2 Å². The molecule has 1 aromatic carbocycles. The first-order valence-corrected chi connectivity index (χ1v) is 12.1. The molecule has 0 bridgehead atoms. The zero-order valence-electron chi connectivity index (χ0n) is 21.8. The Balaban J connectivity index is 1.85. The third kappa shape index (κ3) is 7.12. The van der Waals surface area contributed by atoms with Crippen molar-refractivity contribution in [3.05, 3.63) is 47.7 Å². The standard InChI is InChI=1S/C27H34N4O6/c1-17-14-31(18(2)16-32)26(34)23-12-20(7-6-19(3)33)13-28-25(23)37-24(17)15-30(4)27(35)29-21-8-10-22(36-5)11-9-21/h8-13,17-19,24,32-33H,14-16H2,1-5H3,(H,29,35)/t17-,18+,19-,24-/m0/s1. The summed E-state index contributed by atoms with van der Waals surface area (Å²) >= 11 is 0. The molecule has 198 valence electrons. The van der Waals surface area contributed by atoms with Gasteiger partial charge in [0.2, 0.25) is 5.88 Å². The summed E-state index contributed by atoms with van der Waals surface area (Å²) < 4.78 is 11.4. The Bertz CT molecular complexity index is 1160. The maximum atomic E-state index is 13.4. The number of carbonyl (C=O) groups excluding carboxylic acids is 2. The van der Waals surface area contributed by atoms with Crippen molar-refractivity contribution in [2.75, 3.05) is 39.2 Å². The Kier molecular flexibility index (Phi) is 9.33. The predicted octanol–water partition coefficient (Wildman–Crippen LogP) is 2.21. The fourth-order valence-corrected chi connectivity index (χ4v) is 3.82. The molecule has 0 unspecified atom stereocenters. The van der Waals surface area contributed by atoms with Crippen LogP contribution in [-0.4, -0.2) is 89.0 Å². The molecular weight excluding hydrogens is 476 g/mol. The highest BCUT2D eigenvalue weighted by Gasteiger charge is 2.34. The van der Waals surface area contributed by atoms with Crippen LogP contribution < -0.4 is 14.8 Å². The second-order valence-electron chi connectivity index (χ2n) is 9.18. The number of benzene rings is 1. The Morgan fingerprint density at radius 2 is 2.05 bits per heavy atom. The summed E-state index contributed by atoms with van der Waals surface area (Å²) in [6.45, 7) is 5.56. The molecule has 2 heterocycles. The van der Waals surface area contributed by atoms with Crippen molar-refractivity contribution < 1.29 is 29.3 Å². The first-order chi connectivity index (χ1) is 17.6. The summed E-state index contributed by atoms with van der Waals surface area (Å²) in [6, 6.07) is 7.82. The number of urea groups is 1. The van der Waals surface area contributed by atoms with Crippen molar-refractivity contribution in [3.63, 3.8) is 0 Å². The first kappa shape index (κ1) is 27.8. The molecule has 10 nitrogen and oxygen atoms in total. The molecule has 2 aromatic rings. The Labute approximate surface area is 217 Å². The van der Waals surface area contributed by atoms with Crippen LogP contribution in [0.2, 0.25) is 0 Å². The summed E-state index contributed by atoms with van der Waals surface area (Å²) in [5.41, 5.74) is 1.28. The van der Waals surface area contributed by atoms with Gasteiger partial charge in [-0.25, -0.2) is 9.78 Å². The van der Waals surface area contributed by atoms with Crippen molar-refractivity contribution in [2.45, 2.75) is 39.0 Å². The molecule has 3 N–H and O–H groups in total. The van der Waals surface area contributed by atoms with Gasteiger partial charge in [0, 0.05) is 37.0 Å². The number of rotatable bonds is 6. The second kappa shape index (κ2) is 12.4. The quantitative estimate of drug-likeness (QED) is 0.509. The molecule has 0 saturated carbocycles. The summed E-state index contributed by atoms with van der Waals surface area (Å²) in [5.74, 6) is 5.74. The average molecular weight is 511 g/mol. The van der Waals surface area contributed by atoms with E-state index in [0.29, 0.717) is 23.5 Å². The summed E-state index contributed by atoms with van der Waals surface area (Å²) in [6.07, 6.45) is 0.156. The number of ether oxygens (including phenoxy) is 2. The Hall–Kier alpha value is -3.81. The molecule has 3 amide bonds. The number of amides is 3. The van der Waals surface area contributed by atoms with E-state index >= 15 is 0 Å². The lowest BCUT2D eigenvalue weighted by atomic mass is 10.00. The minimum absolute atomic E-state index is 0.128. The van der Waals surface area contributed by atoms with Gasteiger partial charge in [0.05, 0.1) is 26.3 Å². The minimum atomic E-state index is -0.829. The highest BCUT2D eigenvalue weighted by atomic mass is 16.5. The van der Waals surface area contributed by atoms with Gasteiger partial charge in [0.15, 0.2) is 0 Å². The third-order valence-electron chi connectivity index (χ3n) is 6.09. The zero-order valence-corrected chi connectivity index (χ0v) is 21.8. The number of nitrogens with zero attached hydrogens (tertiary/aromatic N) is 3. The molecule has 0 radical (unpaired) electrons. The van der Waals surface area contributed by atoms with Crippen LogP contribution in [0, 0.1) is 17.8 Å². The lowest BCUT2D eigenvalue weighted by Gasteiger charge is -2.37. The van der Waals surface area contributed by atoms with E-state index in [2.05, 4.69) is 22.1 Å². The van der Waals surface area contributed by atoms with E-state index in [1.54, 1.807) is 63.2 Å². The Morgan fingerprint density at radius 1 is 1.35 bits per heavy atom. The van der Waals surface area contributed by atoms with Crippen LogP contribution in [0.4, 0.5) is 10.5 Å².